The minimum Gasteiger partial charge on any atom is -0.508 e. The molecule has 2 nitrogen and oxygen atoms in total. The molecule has 0 aromatic heterocycles. The summed E-state index contributed by atoms with van der Waals surface area (Å²) < 4.78 is 64.5. The third-order valence-electron chi connectivity index (χ3n) is 2.61. The average molecular weight is 290 g/mol. The third kappa shape index (κ3) is 2.52. The highest BCUT2D eigenvalue weighted by molar-refractivity contribution is 5.72. The van der Waals surface area contributed by atoms with Crippen LogP contribution in [0.2, 0.25) is 0 Å². The maximum atomic E-state index is 13.6. The molecule has 7 heteroatoms. The largest absolute Gasteiger partial charge is 0.508 e. The van der Waals surface area contributed by atoms with E-state index in [1.165, 1.54) is 0 Å². The van der Waals surface area contributed by atoms with Crippen LogP contribution in [0, 0.1) is 11.6 Å². The van der Waals surface area contributed by atoms with Gasteiger partial charge in [-0.2, -0.15) is 13.2 Å². The molecule has 0 bridgehead atoms. The predicted octanol–water partition coefficient (Wildman–Crippen LogP) is 4.06. The van der Waals surface area contributed by atoms with Crippen LogP contribution >= 0.6 is 0 Å². The van der Waals surface area contributed by atoms with Crippen LogP contribution in [-0.4, -0.2) is 10.2 Å². The second kappa shape index (κ2) is 4.66. The van der Waals surface area contributed by atoms with E-state index >= 15 is 0 Å². The van der Waals surface area contributed by atoms with Gasteiger partial charge in [0, 0.05) is 0 Å². The van der Waals surface area contributed by atoms with Crippen molar-refractivity contribution in [2.45, 2.75) is 6.18 Å². The molecule has 2 aromatic carbocycles. The third-order valence-corrected chi connectivity index (χ3v) is 2.61. The molecule has 20 heavy (non-hydrogen) atoms. The van der Waals surface area contributed by atoms with Crippen molar-refractivity contribution in [3.05, 3.63) is 47.5 Å². The van der Waals surface area contributed by atoms with Crippen LogP contribution in [0.25, 0.3) is 11.1 Å². The summed E-state index contributed by atoms with van der Waals surface area (Å²) in [5.41, 5.74) is -2.46. The first-order valence-electron chi connectivity index (χ1n) is 5.28. The number of phenolic OH excluding ortho intramolecular Hbond substituents is 2. The van der Waals surface area contributed by atoms with Crippen LogP contribution in [0.3, 0.4) is 0 Å². The van der Waals surface area contributed by atoms with Gasteiger partial charge in [0.2, 0.25) is 0 Å². The van der Waals surface area contributed by atoms with Crippen LogP contribution < -0.4 is 0 Å². The Bertz CT molecular complexity index is 665. The second-order valence-corrected chi connectivity index (χ2v) is 4.02. The summed E-state index contributed by atoms with van der Waals surface area (Å²) in [4.78, 5) is 0. The smallest absolute Gasteiger partial charge is 0.416 e. The molecule has 0 heterocycles. The van der Waals surface area contributed by atoms with Crippen molar-refractivity contribution < 1.29 is 32.2 Å². The van der Waals surface area contributed by atoms with Crippen molar-refractivity contribution in [1.29, 1.82) is 0 Å². The van der Waals surface area contributed by atoms with Gasteiger partial charge in [-0.1, -0.05) is 0 Å². The molecule has 0 saturated heterocycles. The molecular weight excluding hydrogens is 283 g/mol. The molecule has 0 aliphatic rings. The van der Waals surface area contributed by atoms with Crippen molar-refractivity contribution in [3.63, 3.8) is 0 Å². The Kier molecular flexibility index (Phi) is 3.29. The summed E-state index contributed by atoms with van der Waals surface area (Å²) in [6.07, 6.45) is -4.77. The van der Waals surface area contributed by atoms with Crippen LogP contribution in [-0.2, 0) is 6.18 Å². The molecule has 106 valence electrons. The van der Waals surface area contributed by atoms with Gasteiger partial charge < -0.3 is 10.2 Å². The van der Waals surface area contributed by atoms with E-state index in [4.69, 9.17) is 0 Å². The molecule has 0 fully saturated rings. The van der Waals surface area contributed by atoms with Gasteiger partial charge >= 0.3 is 6.18 Å². The van der Waals surface area contributed by atoms with E-state index < -0.39 is 46.0 Å². The number of halogens is 5. The zero-order valence-electron chi connectivity index (χ0n) is 9.67. The van der Waals surface area contributed by atoms with Gasteiger partial charge in [-0.05, 0) is 35.9 Å². The van der Waals surface area contributed by atoms with Crippen molar-refractivity contribution in [3.8, 4) is 22.6 Å². The van der Waals surface area contributed by atoms with Crippen molar-refractivity contribution >= 4 is 0 Å². The number of rotatable bonds is 1. The van der Waals surface area contributed by atoms with E-state index in [0.29, 0.717) is 18.2 Å². The van der Waals surface area contributed by atoms with Gasteiger partial charge in [-0.15, -0.1) is 0 Å². The average Bonchev–Trinajstić information content (AvgIpc) is 2.33. The molecule has 0 unspecified atom stereocenters. The first kappa shape index (κ1) is 14.1. The maximum Gasteiger partial charge on any atom is 0.416 e. The Morgan fingerprint density at radius 3 is 2.15 bits per heavy atom. The number of benzene rings is 2. The predicted molar refractivity (Wildman–Crippen MR) is 60.1 cm³/mol. The lowest BCUT2D eigenvalue weighted by Crippen LogP contribution is -2.05. The lowest BCUT2D eigenvalue weighted by atomic mass is 10.0. The maximum absolute atomic E-state index is 13.6. The monoisotopic (exact) mass is 290 g/mol. The van der Waals surface area contributed by atoms with E-state index in [1.54, 1.807) is 0 Å². The Morgan fingerprint density at radius 1 is 0.900 bits per heavy atom. The molecule has 2 aromatic rings. The SMILES string of the molecule is Oc1cc(-c2c(O)ccc(F)c2F)cc(C(F)(F)F)c1. The highest BCUT2D eigenvalue weighted by Gasteiger charge is 2.32. The molecule has 0 radical (unpaired) electrons. The Morgan fingerprint density at radius 2 is 1.55 bits per heavy atom. The Hall–Kier alpha value is -2.31. The normalized spacial score (nSPS) is 11.7. The van der Waals surface area contributed by atoms with Crippen molar-refractivity contribution in [2.24, 2.45) is 0 Å². The van der Waals surface area contributed by atoms with E-state index in [0.717, 1.165) is 12.1 Å². The molecule has 0 atom stereocenters. The Labute approximate surface area is 109 Å². The first-order valence-corrected chi connectivity index (χ1v) is 5.28. The molecule has 0 spiro atoms. The minimum atomic E-state index is -4.77. The molecular formula is C13H7F5O2. The van der Waals surface area contributed by atoms with E-state index in [-0.39, 0.29) is 0 Å². The van der Waals surface area contributed by atoms with E-state index in [1.807, 2.05) is 0 Å². The fraction of sp³-hybridized carbons (Fsp3) is 0.0769. The summed E-state index contributed by atoms with van der Waals surface area (Å²) >= 11 is 0. The van der Waals surface area contributed by atoms with Crippen molar-refractivity contribution in [2.75, 3.05) is 0 Å². The minimum absolute atomic E-state index is 0.442. The molecule has 2 rings (SSSR count). The number of hydrogen-bond acceptors (Lipinski definition) is 2. The van der Waals surface area contributed by atoms with E-state index in [2.05, 4.69) is 0 Å². The lowest BCUT2D eigenvalue weighted by molar-refractivity contribution is -0.137. The number of alkyl halides is 3. The zero-order valence-corrected chi connectivity index (χ0v) is 9.67. The summed E-state index contributed by atoms with van der Waals surface area (Å²) in [6.45, 7) is 0. The fourth-order valence-electron chi connectivity index (χ4n) is 1.73. The molecule has 0 aliphatic carbocycles. The van der Waals surface area contributed by atoms with Crippen molar-refractivity contribution in [1.82, 2.24) is 0 Å². The highest BCUT2D eigenvalue weighted by Crippen LogP contribution is 2.39. The fourth-order valence-corrected chi connectivity index (χ4v) is 1.73. The summed E-state index contributed by atoms with van der Waals surface area (Å²) in [7, 11) is 0. The standard InChI is InChI=1S/C13H7F5O2/c14-9-1-2-10(20)11(12(9)15)6-3-7(13(16,17)18)5-8(19)4-6/h1-5,19-20H. The van der Waals surface area contributed by atoms with Crippen LogP contribution in [0.5, 0.6) is 11.5 Å². The highest BCUT2D eigenvalue weighted by atomic mass is 19.4. The van der Waals surface area contributed by atoms with Crippen LogP contribution in [0.4, 0.5) is 22.0 Å². The molecule has 2 N–H and O–H groups in total. The zero-order chi connectivity index (χ0) is 15.1. The van der Waals surface area contributed by atoms with Gasteiger partial charge in [0.15, 0.2) is 11.6 Å². The lowest BCUT2D eigenvalue weighted by Gasteiger charge is -2.12. The van der Waals surface area contributed by atoms with Crippen LogP contribution in [0.15, 0.2) is 30.3 Å². The summed E-state index contributed by atoms with van der Waals surface area (Å²) in [6, 6.07) is 3.20. The second-order valence-electron chi connectivity index (χ2n) is 4.02. The van der Waals surface area contributed by atoms with Gasteiger partial charge in [-0.3, -0.25) is 0 Å². The topological polar surface area (TPSA) is 40.5 Å². The molecule has 0 aliphatic heterocycles. The summed E-state index contributed by atoms with van der Waals surface area (Å²) in [5, 5.41) is 18.8. The summed E-state index contributed by atoms with van der Waals surface area (Å²) in [5.74, 6) is -4.33. The number of hydrogen-bond donors (Lipinski definition) is 2. The quantitative estimate of drug-likeness (QED) is 0.777. The number of phenols is 2. The van der Waals surface area contributed by atoms with Gasteiger partial charge in [0.05, 0.1) is 11.1 Å². The molecule has 0 saturated carbocycles. The van der Waals surface area contributed by atoms with Gasteiger partial charge in [0.25, 0.3) is 0 Å². The Balaban J connectivity index is 2.71. The molecule has 0 amide bonds. The first-order chi connectivity index (χ1) is 9.20. The number of aromatic hydroxyl groups is 2. The van der Waals surface area contributed by atoms with Gasteiger partial charge in [-0.25, -0.2) is 8.78 Å². The van der Waals surface area contributed by atoms with Crippen LogP contribution in [0.1, 0.15) is 5.56 Å². The van der Waals surface area contributed by atoms with E-state index in [9.17, 15) is 32.2 Å². The van der Waals surface area contributed by atoms with Gasteiger partial charge in [0.1, 0.15) is 11.5 Å².